The molecule has 0 radical (unpaired) electrons. The molecule has 0 atom stereocenters. The highest BCUT2D eigenvalue weighted by molar-refractivity contribution is 7.89. The van der Waals surface area contributed by atoms with Gasteiger partial charge in [-0.05, 0) is 49.2 Å². The first-order valence-corrected chi connectivity index (χ1v) is 14.4. The van der Waals surface area contributed by atoms with E-state index < -0.39 is 10.0 Å². The maximum Gasteiger partial charge on any atom is 0.247 e. The lowest BCUT2D eigenvalue weighted by Crippen LogP contribution is -2.41. The Morgan fingerprint density at radius 2 is 1.66 bits per heavy atom. The Balaban J connectivity index is 2.19. The Bertz CT molecular complexity index is 1000. The van der Waals surface area contributed by atoms with Crippen molar-refractivity contribution in [2.45, 2.75) is 57.9 Å². The Hall–Kier alpha value is -2.13. The van der Waals surface area contributed by atoms with Gasteiger partial charge in [-0.25, -0.2) is 8.42 Å². The van der Waals surface area contributed by atoms with Crippen molar-refractivity contribution in [2.24, 2.45) is 0 Å². The normalized spacial score (nSPS) is 14.7. The van der Waals surface area contributed by atoms with Crippen LogP contribution in [0.5, 0.6) is 11.5 Å². The fourth-order valence-electron chi connectivity index (χ4n) is 4.13. The summed E-state index contributed by atoms with van der Waals surface area (Å²) in [6.45, 7) is 11.0. The summed E-state index contributed by atoms with van der Waals surface area (Å²) in [5.74, 6) is 1.03. The molecule has 1 saturated heterocycles. The van der Waals surface area contributed by atoms with Gasteiger partial charge in [-0.1, -0.05) is 51.8 Å². The monoisotopic (exact) mass is 503 g/mol. The third kappa shape index (κ3) is 7.43. The van der Waals surface area contributed by atoms with Crippen molar-refractivity contribution in [1.29, 1.82) is 0 Å². The van der Waals surface area contributed by atoms with Crippen molar-refractivity contribution >= 4 is 15.7 Å². The minimum Gasteiger partial charge on any atom is -0.454 e. The minimum atomic E-state index is -3.78. The molecular formula is C27H41N3O4S. The van der Waals surface area contributed by atoms with Gasteiger partial charge in [-0.15, -0.1) is 0 Å². The molecule has 1 heterocycles. The number of para-hydroxylation sites is 1. The molecule has 0 unspecified atom stereocenters. The molecule has 0 bridgehead atoms. The number of unbranched alkanes of at least 4 members (excludes halogenated alkanes) is 2. The second-order valence-corrected chi connectivity index (χ2v) is 10.8. The summed E-state index contributed by atoms with van der Waals surface area (Å²) in [7, 11) is -3.78. The van der Waals surface area contributed by atoms with E-state index in [1.165, 1.54) is 4.31 Å². The average Bonchev–Trinajstić information content (AvgIpc) is 2.89. The molecular weight excluding hydrogens is 462 g/mol. The molecule has 194 valence electrons. The second kappa shape index (κ2) is 13.8. The van der Waals surface area contributed by atoms with Crippen LogP contribution in [0.3, 0.4) is 0 Å². The largest absolute Gasteiger partial charge is 0.454 e. The third-order valence-electron chi connectivity index (χ3n) is 6.13. The van der Waals surface area contributed by atoms with Gasteiger partial charge in [-0.3, -0.25) is 0 Å². The molecule has 0 aromatic heterocycles. The van der Waals surface area contributed by atoms with Crippen LogP contribution in [0, 0.1) is 0 Å². The van der Waals surface area contributed by atoms with Crippen LogP contribution in [0.15, 0.2) is 47.4 Å². The first-order valence-electron chi connectivity index (χ1n) is 12.9. The first kappa shape index (κ1) is 27.5. The standard InChI is InChI=1S/C27H41N3O4S/c1-4-7-14-29(15-8-5-2)25-20-23(22-28-6-3)21-26(27(25)34-24-12-10-9-11-13-24)35(31,32)30-16-18-33-19-17-30/h9-13,20-21,28H,4-8,14-19,22H2,1-3H3. The lowest BCUT2D eigenvalue weighted by atomic mass is 10.1. The highest BCUT2D eigenvalue weighted by atomic mass is 32.2. The summed E-state index contributed by atoms with van der Waals surface area (Å²) in [5, 5.41) is 3.36. The van der Waals surface area contributed by atoms with E-state index in [4.69, 9.17) is 9.47 Å². The molecule has 3 rings (SSSR count). The molecule has 35 heavy (non-hydrogen) atoms. The van der Waals surface area contributed by atoms with E-state index in [1.807, 2.05) is 37.3 Å². The molecule has 1 aliphatic heterocycles. The van der Waals surface area contributed by atoms with Gasteiger partial charge in [0.15, 0.2) is 5.75 Å². The van der Waals surface area contributed by atoms with Gasteiger partial charge in [0.1, 0.15) is 10.6 Å². The highest BCUT2D eigenvalue weighted by Gasteiger charge is 2.32. The fourth-order valence-corrected chi connectivity index (χ4v) is 5.72. The average molecular weight is 504 g/mol. The predicted molar refractivity (Wildman–Crippen MR) is 142 cm³/mol. The Kier molecular flexibility index (Phi) is 10.8. The molecule has 1 aliphatic rings. The predicted octanol–water partition coefficient (Wildman–Crippen LogP) is 5.02. The van der Waals surface area contributed by atoms with Crippen LogP contribution in [-0.2, 0) is 21.3 Å². The van der Waals surface area contributed by atoms with E-state index in [0.29, 0.717) is 44.3 Å². The Morgan fingerprint density at radius 1 is 1.00 bits per heavy atom. The number of rotatable bonds is 14. The number of nitrogens with one attached hydrogen (secondary N) is 1. The molecule has 2 aromatic rings. The van der Waals surface area contributed by atoms with Gasteiger partial charge in [-0.2, -0.15) is 4.31 Å². The maximum atomic E-state index is 14.0. The number of hydrogen-bond acceptors (Lipinski definition) is 6. The number of morpholine rings is 1. The fraction of sp³-hybridized carbons (Fsp3) is 0.556. The van der Waals surface area contributed by atoms with Crippen molar-refractivity contribution in [3.63, 3.8) is 0 Å². The Morgan fingerprint density at radius 3 is 2.26 bits per heavy atom. The van der Waals surface area contributed by atoms with Crippen molar-refractivity contribution in [2.75, 3.05) is 50.8 Å². The summed E-state index contributed by atoms with van der Waals surface area (Å²) in [5.41, 5.74) is 1.78. The van der Waals surface area contributed by atoms with Crippen LogP contribution in [-0.4, -0.2) is 58.7 Å². The van der Waals surface area contributed by atoms with Gasteiger partial charge < -0.3 is 19.7 Å². The molecule has 7 nitrogen and oxygen atoms in total. The van der Waals surface area contributed by atoms with E-state index in [0.717, 1.165) is 56.6 Å². The van der Waals surface area contributed by atoms with Crippen molar-refractivity contribution in [3.05, 3.63) is 48.0 Å². The molecule has 2 aromatic carbocycles. The third-order valence-corrected chi connectivity index (χ3v) is 8.03. The summed E-state index contributed by atoms with van der Waals surface area (Å²) in [6, 6.07) is 13.3. The molecule has 8 heteroatoms. The van der Waals surface area contributed by atoms with Crippen LogP contribution in [0.25, 0.3) is 0 Å². The lowest BCUT2D eigenvalue weighted by Gasteiger charge is -2.31. The first-order chi connectivity index (χ1) is 17.0. The van der Waals surface area contributed by atoms with Gasteiger partial charge in [0.05, 0.1) is 18.9 Å². The SMILES string of the molecule is CCCCN(CCCC)c1cc(CNCC)cc(S(=O)(=O)N2CCOCC2)c1Oc1ccccc1. The maximum absolute atomic E-state index is 14.0. The molecule has 0 amide bonds. The van der Waals surface area contributed by atoms with Crippen LogP contribution in [0.4, 0.5) is 5.69 Å². The van der Waals surface area contributed by atoms with Crippen LogP contribution in [0.2, 0.25) is 0 Å². The smallest absolute Gasteiger partial charge is 0.247 e. The zero-order chi connectivity index (χ0) is 25.1. The van der Waals surface area contributed by atoms with Crippen molar-refractivity contribution in [1.82, 2.24) is 9.62 Å². The Labute approximate surface area is 211 Å². The van der Waals surface area contributed by atoms with Gasteiger partial charge in [0.25, 0.3) is 0 Å². The molecule has 1 fully saturated rings. The molecule has 1 N–H and O–H groups in total. The zero-order valence-corrected chi connectivity index (χ0v) is 22.3. The summed E-state index contributed by atoms with van der Waals surface area (Å²) >= 11 is 0. The minimum absolute atomic E-state index is 0.228. The summed E-state index contributed by atoms with van der Waals surface area (Å²) < 4.78 is 41.3. The summed E-state index contributed by atoms with van der Waals surface area (Å²) in [4.78, 5) is 2.53. The van der Waals surface area contributed by atoms with E-state index in [2.05, 4.69) is 30.1 Å². The van der Waals surface area contributed by atoms with E-state index >= 15 is 0 Å². The van der Waals surface area contributed by atoms with Gasteiger partial charge >= 0.3 is 0 Å². The number of nitrogens with zero attached hydrogens (tertiary/aromatic N) is 2. The van der Waals surface area contributed by atoms with Gasteiger partial charge in [0, 0.05) is 32.7 Å². The lowest BCUT2D eigenvalue weighted by molar-refractivity contribution is 0.0730. The van der Waals surface area contributed by atoms with Crippen LogP contribution in [0.1, 0.15) is 52.0 Å². The van der Waals surface area contributed by atoms with Crippen molar-refractivity contribution < 1.29 is 17.9 Å². The van der Waals surface area contributed by atoms with E-state index in [-0.39, 0.29) is 4.90 Å². The topological polar surface area (TPSA) is 71.1 Å². The number of sulfonamides is 1. The van der Waals surface area contributed by atoms with Crippen LogP contribution < -0.4 is 15.0 Å². The highest BCUT2D eigenvalue weighted by Crippen LogP contribution is 2.41. The van der Waals surface area contributed by atoms with E-state index in [1.54, 1.807) is 6.07 Å². The molecule has 0 spiro atoms. The number of anilines is 1. The second-order valence-electron chi connectivity index (χ2n) is 8.85. The van der Waals surface area contributed by atoms with Gasteiger partial charge in [0.2, 0.25) is 10.0 Å². The van der Waals surface area contributed by atoms with E-state index in [9.17, 15) is 8.42 Å². The molecule has 0 aliphatic carbocycles. The molecule has 0 saturated carbocycles. The number of ether oxygens (including phenoxy) is 2. The van der Waals surface area contributed by atoms with Crippen LogP contribution >= 0.6 is 0 Å². The number of hydrogen-bond donors (Lipinski definition) is 1. The zero-order valence-electron chi connectivity index (χ0n) is 21.5. The quantitative estimate of drug-likeness (QED) is 0.391. The number of benzene rings is 2. The summed E-state index contributed by atoms with van der Waals surface area (Å²) in [6.07, 6.45) is 4.18. The van der Waals surface area contributed by atoms with Crippen molar-refractivity contribution in [3.8, 4) is 11.5 Å².